The quantitative estimate of drug-likeness (QED) is 0.710. The number of hydrogen-bond donors (Lipinski definition) is 1. The molecule has 0 atom stereocenters. The van der Waals surface area contributed by atoms with Crippen molar-refractivity contribution in [1.82, 2.24) is 4.98 Å². The number of nitrogens with zero attached hydrogens (tertiary/aromatic N) is 2. The first-order valence-corrected chi connectivity index (χ1v) is 9.21. The number of pyridine rings is 1. The zero-order valence-electron chi connectivity index (χ0n) is 16.3. The maximum Gasteiger partial charge on any atom is 0.276 e. The van der Waals surface area contributed by atoms with Crippen LogP contribution < -0.4 is 10.2 Å². The maximum absolute atomic E-state index is 12.9. The van der Waals surface area contributed by atoms with E-state index in [0.29, 0.717) is 12.1 Å². The lowest BCUT2D eigenvalue weighted by Crippen LogP contribution is -2.31. The first-order valence-electron chi connectivity index (χ1n) is 9.21. The lowest BCUT2D eigenvalue weighted by Gasteiger charge is -2.20. The van der Waals surface area contributed by atoms with Crippen LogP contribution in [-0.4, -0.2) is 23.3 Å². The average molecular weight is 373 g/mol. The van der Waals surface area contributed by atoms with Crippen molar-refractivity contribution in [2.45, 2.75) is 20.8 Å². The molecule has 3 rings (SSSR count). The van der Waals surface area contributed by atoms with Gasteiger partial charge in [-0.05, 0) is 68.3 Å². The maximum atomic E-state index is 12.9. The summed E-state index contributed by atoms with van der Waals surface area (Å²) in [6, 6.07) is 18.3. The van der Waals surface area contributed by atoms with Crippen LogP contribution in [0.5, 0.6) is 0 Å². The van der Waals surface area contributed by atoms with Crippen molar-refractivity contribution >= 4 is 23.2 Å². The van der Waals surface area contributed by atoms with E-state index in [9.17, 15) is 9.59 Å². The van der Waals surface area contributed by atoms with Crippen LogP contribution in [0.3, 0.4) is 0 Å². The molecule has 0 fully saturated rings. The summed E-state index contributed by atoms with van der Waals surface area (Å²) < 4.78 is 0. The number of anilines is 2. The zero-order valence-corrected chi connectivity index (χ0v) is 16.3. The van der Waals surface area contributed by atoms with E-state index in [1.165, 1.54) is 12.3 Å². The molecule has 0 aliphatic carbocycles. The second-order valence-electron chi connectivity index (χ2n) is 6.57. The number of amides is 2. The number of rotatable bonds is 5. The van der Waals surface area contributed by atoms with E-state index in [-0.39, 0.29) is 17.5 Å². The fourth-order valence-electron chi connectivity index (χ4n) is 2.90. The first kappa shape index (κ1) is 19.3. The highest BCUT2D eigenvalue weighted by Gasteiger charge is 2.19. The fraction of sp³-hybridized carbons (Fsp3) is 0.174. The molecule has 0 aliphatic rings. The molecule has 28 heavy (non-hydrogen) atoms. The van der Waals surface area contributed by atoms with Gasteiger partial charge in [0.15, 0.2) is 0 Å². The van der Waals surface area contributed by atoms with Crippen molar-refractivity contribution in [3.05, 3.63) is 89.2 Å². The van der Waals surface area contributed by atoms with Crippen LogP contribution in [0, 0.1) is 13.8 Å². The molecule has 1 heterocycles. The van der Waals surface area contributed by atoms with Gasteiger partial charge in [-0.25, -0.2) is 0 Å². The Morgan fingerprint density at radius 1 is 0.964 bits per heavy atom. The molecule has 1 N–H and O–H groups in total. The van der Waals surface area contributed by atoms with Crippen LogP contribution in [0.1, 0.15) is 38.9 Å². The number of hydrogen-bond acceptors (Lipinski definition) is 3. The summed E-state index contributed by atoms with van der Waals surface area (Å²) in [5, 5.41) is 2.88. The second kappa shape index (κ2) is 8.48. The third kappa shape index (κ3) is 4.26. The van der Waals surface area contributed by atoms with E-state index in [1.54, 1.807) is 11.0 Å². The standard InChI is InChI=1S/C23H23N3O2/c1-4-26(20-8-6-5-7-9-20)23(28)21-15-18(12-13-24-21)22(27)25-19-11-10-16(2)17(3)14-19/h5-15H,4H2,1-3H3,(H,25,27). The van der Waals surface area contributed by atoms with Gasteiger partial charge < -0.3 is 10.2 Å². The summed E-state index contributed by atoms with van der Waals surface area (Å²) in [6.45, 7) is 6.43. The van der Waals surface area contributed by atoms with Gasteiger partial charge in [0.05, 0.1) is 0 Å². The molecule has 142 valence electrons. The van der Waals surface area contributed by atoms with Crippen LogP contribution in [0.25, 0.3) is 0 Å². The van der Waals surface area contributed by atoms with Crippen LogP contribution >= 0.6 is 0 Å². The predicted octanol–water partition coefficient (Wildman–Crippen LogP) is 4.62. The number of aromatic nitrogens is 1. The van der Waals surface area contributed by atoms with Crippen molar-refractivity contribution in [1.29, 1.82) is 0 Å². The number of nitrogens with one attached hydrogen (secondary N) is 1. The minimum atomic E-state index is -0.275. The van der Waals surface area contributed by atoms with Crippen molar-refractivity contribution in [3.8, 4) is 0 Å². The summed E-state index contributed by atoms with van der Waals surface area (Å²) in [5.41, 5.74) is 4.40. The van der Waals surface area contributed by atoms with E-state index >= 15 is 0 Å². The van der Waals surface area contributed by atoms with Crippen LogP contribution in [0.15, 0.2) is 66.9 Å². The number of carbonyl (C=O) groups excluding carboxylic acids is 2. The molecule has 2 aromatic carbocycles. The van der Waals surface area contributed by atoms with Gasteiger partial charge in [-0.2, -0.15) is 0 Å². The highest BCUT2D eigenvalue weighted by molar-refractivity contribution is 6.08. The smallest absolute Gasteiger partial charge is 0.276 e. The summed E-state index contributed by atoms with van der Waals surface area (Å²) in [4.78, 5) is 31.4. The van der Waals surface area contributed by atoms with Crippen LogP contribution in [0.2, 0.25) is 0 Å². The fourth-order valence-corrected chi connectivity index (χ4v) is 2.90. The molecule has 5 nitrogen and oxygen atoms in total. The highest BCUT2D eigenvalue weighted by Crippen LogP contribution is 2.18. The summed E-state index contributed by atoms with van der Waals surface area (Å²) in [6.07, 6.45) is 1.49. The lowest BCUT2D eigenvalue weighted by molar-refractivity contribution is 0.0983. The van der Waals surface area contributed by atoms with Gasteiger partial charge in [-0.3, -0.25) is 14.6 Å². The molecule has 0 radical (unpaired) electrons. The highest BCUT2D eigenvalue weighted by atomic mass is 16.2. The van der Waals surface area contributed by atoms with E-state index in [2.05, 4.69) is 10.3 Å². The number of benzene rings is 2. The molecular formula is C23H23N3O2. The molecule has 3 aromatic rings. The number of carbonyl (C=O) groups is 2. The van der Waals surface area contributed by atoms with Gasteiger partial charge in [0.25, 0.3) is 11.8 Å². The Bertz CT molecular complexity index is 1000. The van der Waals surface area contributed by atoms with Gasteiger partial charge in [-0.1, -0.05) is 24.3 Å². The van der Waals surface area contributed by atoms with E-state index in [0.717, 1.165) is 22.5 Å². The number of aryl methyl sites for hydroxylation is 2. The molecule has 5 heteroatoms. The Balaban J connectivity index is 1.81. The predicted molar refractivity (Wildman–Crippen MR) is 112 cm³/mol. The van der Waals surface area contributed by atoms with Gasteiger partial charge in [-0.15, -0.1) is 0 Å². The van der Waals surface area contributed by atoms with Crippen molar-refractivity contribution < 1.29 is 9.59 Å². The van der Waals surface area contributed by atoms with Crippen molar-refractivity contribution in [2.24, 2.45) is 0 Å². The van der Waals surface area contributed by atoms with Gasteiger partial charge in [0, 0.05) is 29.7 Å². The second-order valence-corrected chi connectivity index (χ2v) is 6.57. The third-order valence-corrected chi connectivity index (χ3v) is 4.64. The Hall–Kier alpha value is -3.47. The summed E-state index contributed by atoms with van der Waals surface area (Å²) in [5.74, 6) is -0.517. The zero-order chi connectivity index (χ0) is 20.1. The molecule has 0 bridgehead atoms. The monoisotopic (exact) mass is 373 g/mol. The molecule has 0 unspecified atom stereocenters. The van der Waals surface area contributed by atoms with Gasteiger partial charge >= 0.3 is 0 Å². The van der Waals surface area contributed by atoms with Crippen molar-refractivity contribution in [3.63, 3.8) is 0 Å². The first-order chi connectivity index (χ1) is 13.5. The average Bonchev–Trinajstić information content (AvgIpc) is 2.72. The molecule has 0 saturated carbocycles. The van der Waals surface area contributed by atoms with Gasteiger partial charge in [0.2, 0.25) is 0 Å². The topological polar surface area (TPSA) is 62.3 Å². The minimum Gasteiger partial charge on any atom is -0.322 e. The van der Waals surface area contributed by atoms with E-state index in [4.69, 9.17) is 0 Å². The summed E-state index contributed by atoms with van der Waals surface area (Å²) >= 11 is 0. The van der Waals surface area contributed by atoms with Crippen LogP contribution in [-0.2, 0) is 0 Å². The third-order valence-electron chi connectivity index (χ3n) is 4.64. The van der Waals surface area contributed by atoms with E-state index in [1.807, 2.05) is 69.3 Å². The molecule has 2 amide bonds. The Labute approximate surface area is 165 Å². The molecule has 0 aliphatic heterocycles. The Morgan fingerprint density at radius 2 is 1.71 bits per heavy atom. The number of para-hydroxylation sites is 1. The summed E-state index contributed by atoms with van der Waals surface area (Å²) in [7, 11) is 0. The van der Waals surface area contributed by atoms with Crippen molar-refractivity contribution in [2.75, 3.05) is 16.8 Å². The minimum absolute atomic E-state index is 0.235. The lowest BCUT2D eigenvalue weighted by atomic mass is 10.1. The van der Waals surface area contributed by atoms with E-state index < -0.39 is 0 Å². The SMILES string of the molecule is CCN(C(=O)c1cc(C(=O)Nc2ccc(C)c(C)c2)ccn1)c1ccccc1. The molecule has 0 saturated heterocycles. The van der Waals surface area contributed by atoms with Crippen LogP contribution in [0.4, 0.5) is 11.4 Å². The normalized spacial score (nSPS) is 10.4. The molecule has 1 aromatic heterocycles. The molecular weight excluding hydrogens is 350 g/mol. The molecule has 0 spiro atoms. The van der Waals surface area contributed by atoms with Gasteiger partial charge in [0.1, 0.15) is 5.69 Å². The Kier molecular flexibility index (Phi) is 5.84. The Morgan fingerprint density at radius 3 is 2.39 bits per heavy atom. The largest absolute Gasteiger partial charge is 0.322 e.